The molecule has 0 bridgehead atoms. The zero-order valence-corrected chi connectivity index (χ0v) is 5.10. The van der Waals surface area contributed by atoms with Gasteiger partial charge in [-0.2, -0.15) is 0 Å². The van der Waals surface area contributed by atoms with Crippen LogP contribution in [0.2, 0.25) is 5.82 Å². The molecule has 0 unspecified atom stereocenters. The number of rotatable bonds is 1. The van der Waals surface area contributed by atoms with E-state index < -0.39 is 0 Å². The maximum atomic E-state index is 10.2. The van der Waals surface area contributed by atoms with Gasteiger partial charge in [-0.1, -0.05) is 0 Å². The molecule has 1 saturated carbocycles. The first-order valence-corrected chi connectivity index (χ1v) is 3.39. The molecule has 1 nitrogen and oxygen atoms in total. The quantitative estimate of drug-likeness (QED) is 0.470. The third-order valence-corrected chi connectivity index (χ3v) is 1.84. The Morgan fingerprint density at radius 1 is 1.12 bits per heavy atom. The van der Waals surface area contributed by atoms with Gasteiger partial charge in [-0.05, 0) is 0 Å². The molecule has 44 valence electrons. The minimum absolute atomic E-state index is 0.406. The fraction of sp³-hybridized carbons (Fsp3) is 1.00. The molecule has 1 aliphatic carbocycles. The van der Waals surface area contributed by atoms with Gasteiger partial charge in [0.1, 0.15) is 0 Å². The van der Waals surface area contributed by atoms with Crippen molar-refractivity contribution in [1.29, 1.82) is 0 Å². The Balaban J connectivity index is 2.22. The van der Waals surface area contributed by atoms with Crippen LogP contribution in [-0.4, -0.2) is 7.15 Å². The van der Waals surface area contributed by atoms with Gasteiger partial charge >= 0.3 is 49.8 Å². The second kappa shape index (κ2) is 3.00. The fourth-order valence-electron chi connectivity index (χ4n) is 1.27. The number of hydrogen-bond acceptors (Lipinski definition) is 1. The van der Waals surface area contributed by atoms with Crippen LogP contribution in [0.5, 0.6) is 0 Å². The van der Waals surface area contributed by atoms with Crippen molar-refractivity contribution >= 4 is 7.15 Å². The van der Waals surface area contributed by atoms with E-state index in [1.54, 1.807) is 0 Å². The Labute approximate surface area is 50.7 Å². The first-order chi connectivity index (χ1) is 3.93. The van der Waals surface area contributed by atoms with E-state index in [0.29, 0.717) is 5.82 Å². The molecule has 0 atom stereocenters. The summed E-state index contributed by atoms with van der Waals surface area (Å²) in [6.07, 6.45) is 6.16. The van der Waals surface area contributed by atoms with Gasteiger partial charge < -0.3 is 0 Å². The van der Waals surface area contributed by atoms with Crippen molar-refractivity contribution in [3.63, 3.8) is 0 Å². The van der Waals surface area contributed by atoms with Gasteiger partial charge in [-0.25, -0.2) is 0 Å². The molecule has 8 heavy (non-hydrogen) atoms. The molecule has 0 aromatic heterocycles. The van der Waals surface area contributed by atoms with Crippen molar-refractivity contribution in [3.8, 4) is 0 Å². The molecule has 2 heteroatoms. The predicted octanol–water partition coefficient (Wildman–Crippen LogP) is 1.79. The Morgan fingerprint density at radius 3 is 2.12 bits per heavy atom. The van der Waals surface area contributed by atoms with E-state index in [1.165, 1.54) is 19.3 Å². The van der Waals surface area contributed by atoms with Crippen LogP contribution in [0.1, 0.15) is 32.1 Å². The predicted molar refractivity (Wildman–Crippen MR) is 33.3 cm³/mol. The second-order valence-electron chi connectivity index (χ2n) is 2.53. The molecule has 1 fully saturated rings. The van der Waals surface area contributed by atoms with Crippen LogP contribution >= 0.6 is 0 Å². The zero-order valence-electron chi connectivity index (χ0n) is 5.10. The van der Waals surface area contributed by atoms with Gasteiger partial charge in [-0.3, -0.25) is 0 Å². The minimum atomic E-state index is 0.406. The molecule has 1 rings (SSSR count). The van der Waals surface area contributed by atoms with E-state index in [2.05, 4.69) is 0 Å². The molecule has 0 saturated heterocycles. The summed E-state index contributed by atoms with van der Waals surface area (Å²) in [7, 11) is 1.11. The number of hydrogen-bond donors (Lipinski definition) is 0. The molecule has 0 amide bonds. The van der Waals surface area contributed by atoms with Crippen molar-refractivity contribution in [2.24, 2.45) is 0 Å². The van der Waals surface area contributed by atoms with Crippen LogP contribution < -0.4 is 0 Å². The fourth-order valence-corrected chi connectivity index (χ4v) is 1.27. The van der Waals surface area contributed by atoms with Crippen LogP contribution in [0.4, 0.5) is 0 Å². The second-order valence-corrected chi connectivity index (χ2v) is 2.53. The van der Waals surface area contributed by atoms with Crippen molar-refractivity contribution in [1.82, 2.24) is 0 Å². The third-order valence-electron chi connectivity index (χ3n) is 1.84. The van der Waals surface area contributed by atoms with Crippen LogP contribution in [-0.2, 0) is 4.70 Å². The SMILES string of the molecule is O=BC1CCCCC1. The van der Waals surface area contributed by atoms with Crippen LogP contribution in [0, 0.1) is 0 Å². The molecule has 0 aliphatic heterocycles. The summed E-state index contributed by atoms with van der Waals surface area (Å²) < 4.78 is 10.2. The first kappa shape index (κ1) is 5.99. The van der Waals surface area contributed by atoms with Gasteiger partial charge in [0.2, 0.25) is 0 Å². The van der Waals surface area contributed by atoms with Gasteiger partial charge in [0.05, 0.1) is 0 Å². The summed E-state index contributed by atoms with van der Waals surface area (Å²) in [5.41, 5.74) is 0. The van der Waals surface area contributed by atoms with E-state index in [0.717, 1.165) is 20.0 Å². The van der Waals surface area contributed by atoms with Crippen LogP contribution in [0.3, 0.4) is 0 Å². The van der Waals surface area contributed by atoms with Crippen molar-refractivity contribution in [3.05, 3.63) is 0 Å². The monoisotopic (exact) mass is 110 g/mol. The van der Waals surface area contributed by atoms with Crippen LogP contribution in [0.15, 0.2) is 0 Å². The summed E-state index contributed by atoms with van der Waals surface area (Å²) in [5.74, 6) is 0.406. The molecule has 0 heterocycles. The molecule has 0 radical (unpaired) electrons. The van der Waals surface area contributed by atoms with E-state index in [1.807, 2.05) is 0 Å². The van der Waals surface area contributed by atoms with Gasteiger partial charge in [0, 0.05) is 0 Å². The molecular formula is C6H11BO. The standard InChI is InChI=1S/C6H11BO/c8-7-6-4-2-1-3-5-6/h6H,1-5H2. The first-order valence-electron chi connectivity index (χ1n) is 3.39. The molecule has 1 aliphatic rings. The average Bonchev–Trinajstić information content (AvgIpc) is 1.90. The van der Waals surface area contributed by atoms with Crippen LogP contribution in [0.25, 0.3) is 0 Å². The van der Waals surface area contributed by atoms with Gasteiger partial charge in [0.25, 0.3) is 0 Å². The third kappa shape index (κ3) is 1.43. The Morgan fingerprint density at radius 2 is 1.75 bits per heavy atom. The van der Waals surface area contributed by atoms with Gasteiger partial charge in [0.15, 0.2) is 0 Å². The molecule has 0 aromatic carbocycles. The maximum absolute atomic E-state index is 10.2. The Kier molecular flexibility index (Phi) is 2.25. The van der Waals surface area contributed by atoms with Crippen molar-refractivity contribution < 1.29 is 4.70 Å². The summed E-state index contributed by atoms with van der Waals surface area (Å²) in [5, 5.41) is 0. The van der Waals surface area contributed by atoms with Crippen molar-refractivity contribution in [2.45, 2.75) is 37.9 Å². The van der Waals surface area contributed by atoms with Crippen molar-refractivity contribution in [2.75, 3.05) is 0 Å². The molecule has 0 N–H and O–H groups in total. The summed E-state index contributed by atoms with van der Waals surface area (Å²) in [4.78, 5) is 0. The van der Waals surface area contributed by atoms with E-state index in [-0.39, 0.29) is 0 Å². The summed E-state index contributed by atoms with van der Waals surface area (Å²) >= 11 is 0. The Bertz CT molecular complexity index is 76.6. The zero-order chi connectivity index (χ0) is 5.82. The average molecular weight is 110 g/mol. The molecular weight excluding hydrogens is 98.9 g/mol. The topological polar surface area (TPSA) is 17.1 Å². The molecule has 0 spiro atoms. The molecule has 0 aromatic rings. The van der Waals surface area contributed by atoms with E-state index in [4.69, 9.17) is 0 Å². The van der Waals surface area contributed by atoms with E-state index >= 15 is 0 Å². The normalized spacial score (nSPS) is 22.5. The Hall–Kier alpha value is -0.135. The van der Waals surface area contributed by atoms with Gasteiger partial charge in [-0.15, -0.1) is 0 Å². The van der Waals surface area contributed by atoms with E-state index in [9.17, 15) is 4.70 Å². The summed E-state index contributed by atoms with van der Waals surface area (Å²) in [6, 6.07) is 0. The summed E-state index contributed by atoms with van der Waals surface area (Å²) in [6.45, 7) is 0.